The summed E-state index contributed by atoms with van der Waals surface area (Å²) in [7, 11) is 0. The van der Waals surface area contributed by atoms with E-state index in [0.717, 1.165) is 11.1 Å². The molecule has 98 valence electrons. The molecule has 0 aromatic heterocycles. The van der Waals surface area contributed by atoms with Crippen LogP contribution in [0, 0.1) is 23.2 Å². The zero-order valence-corrected chi connectivity index (χ0v) is 10.8. The largest absolute Gasteiger partial charge is 0.489 e. The summed E-state index contributed by atoms with van der Waals surface area (Å²) in [5.41, 5.74) is 2.25. The van der Waals surface area contributed by atoms with E-state index in [1.165, 1.54) is 0 Å². The second kappa shape index (κ2) is 6.99. The summed E-state index contributed by atoms with van der Waals surface area (Å²) < 4.78 is 5.67. The number of nitriles is 1. The molecule has 0 saturated carbocycles. The van der Waals surface area contributed by atoms with Crippen molar-refractivity contribution in [2.45, 2.75) is 6.61 Å². The molecular formula is C17H13NO2. The molecule has 0 saturated heterocycles. The molecule has 20 heavy (non-hydrogen) atoms. The quantitative estimate of drug-likeness (QED) is 0.865. The molecule has 0 aliphatic heterocycles. The Hall–Kier alpha value is -2.75. The Morgan fingerprint density at radius 2 is 1.95 bits per heavy atom. The summed E-state index contributed by atoms with van der Waals surface area (Å²) in [5, 5.41) is 17.7. The Kier molecular flexibility index (Phi) is 4.78. The van der Waals surface area contributed by atoms with Crippen molar-refractivity contribution in [3.05, 3.63) is 65.2 Å². The standard InChI is InChI=1S/C17H13NO2/c18-12-15-7-1-2-8-16(15)13-20-17-9-3-5-14(11-17)6-4-10-19/h1-3,5,7-9,11,19H,10,13H2. The van der Waals surface area contributed by atoms with Crippen molar-refractivity contribution in [2.75, 3.05) is 6.61 Å². The Bertz CT molecular complexity index is 690. The Balaban J connectivity index is 2.09. The van der Waals surface area contributed by atoms with E-state index in [-0.39, 0.29) is 6.61 Å². The molecule has 1 N–H and O–H groups in total. The molecule has 0 bridgehead atoms. The van der Waals surface area contributed by atoms with Gasteiger partial charge in [-0.25, -0.2) is 0 Å². The van der Waals surface area contributed by atoms with Gasteiger partial charge in [-0.3, -0.25) is 0 Å². The highest BCUT2D eigenvalue weighted by molar-refractivity contribution is 5.41. The van der Waals surface area contributed by atoms with E-state index in [4.69, 9.17) is 15.1 Å². The molecule has 0 fully saturated rings. The topological polar surface area (TPSA) is 53.2 Å². The third-order valence-corrected chi connectivity index (χ3v) is 2.68. The number of aliphatic hydroxyl groups is 1. The summed E-state index contributed by atoms with van der Waals surface area (Å²) in [5.74, 6) is 6.10. The summed E-state index contributed by atoms with van der Waals surface area (Å²) >= 11 is 0. The first kappa shape index (κ1) is 13.7. The number of nitrogens with zero attached hydrogens (tertiary/aromatic N) is 1. The van der Waals surface area contributed by atoms with Gasteiger partial charge in [0, 0.05) is 11.1 Å². The molecule has 0 aliphatic carbocycles. The van der Waals surface area contributed by atoms with Crippen LogP contribution in [0.25, 0.3) is 0 Å². The second-order valence-corrected chi connectivity index (χ2v) is 4.05. The first-order chi connectivity index (χ1) is 9.83. The molecule has 0 heterocycles. The van der Waals surface area contributed by atoms with Gasteiger partial charge in [-0.15, -0.1) is 0 Å². The van der Waals surface area contributed by atoms with E-state index in [2.05, 4.69) is 17.9 Å². The van der Waals surface area contributed by atoms with E-state index in [1.807, 2.05) is 36.4 Å². The van der Waals surface area contributed by atoms with Crippen LogP contribution in [0.1, 0.15) is 16.7 Å². The maximum Gasteiger partial charge on any atom is 0.121 e. The van der Waals surface area contributed by atoms with Crippen molar-refractivity contribution >= 4 is 0 Å². The highest BCUT2D eigenvalue weighted by atomic mass is 16.5. The van der Waals surface area contributed by atoms with Gasteiger partial charge in [0.25, 0.3) is 0 Å². The average molecular weight is 263 g/mol. The molecule has 0 radical (unpaired) electrons. The van der Waals surface area contributed by atoms with E-state index in [1.54, 1.807) is 12.1 Å². The van der Waals surface area contributed by atoms with Crippen LogP contribution in [-0.2, 0) is 6.61 Å². The maximum absolute atomic E-state index is 9.01. The highest BCUT2D eigenvalue weighted by Gasteiger charge is 2.02. The van der Waals surface area contributed by atoms with Gasteiger partial charge in [-0.05, 0) is 24.3 Å². The van der Waals surface area contributed by atoms with Gasteiger partial charge in [-0.1, -0.05) is 36.1 Å². The van der Waals surface area contributed by atoms with Crippen LogP contribution in [0.4, 0.5) is 0 Å². The fourth-order valence-electron chi connectivity index (χ4n) is 1.72. The van der Waals surface area contributed by atoms with Gasteiger partial charge < -0.3 is 9.84 Å². The smallest absolute Gasteiger partial charge is 0.121 e. The molecule has 3 nitrogen and oxygen atoms in total. The second-order valence-electron chi connectivity index (χ2n) is 4.05. The van der Waals surface area contributed by atoms with E-state index in [0.29, 0.717) is 17.9 Å². The van der Waals surface area contributed by atoms with Gasteiger partial charge in [0.1, 0.15) is 19.0 Å². The van der Waals surface area contributed by atoms with E-state index < -0.39 is 0 Å². The summed E-state index contributed by atoms with van der Waals surface area (Å²) in [6, 6.07) is 16.8. The summed E-state index contributed by atoms with van der Waals surface area (Å²) in [6.45, 7) is 0.168. The molecular weight excluding hydrogens is 250 g/mol. The SMILES string of the molecule is N#Cc1ccccc1COc1cccc(C#CCO)c1. The number of rotatable bonds is 3. The van der Waals surface area contributed by atoms with Crippen LogP contribution < -0.4 is 4.74 Å². The van der Waals surface area contributed by atoms with Crippen LogP contribution in [0.2, 0.25) is 0 Å². The van der Waals surface area contributed by atoms with Crippen molar-refractivity contribution in [1.29, 1.82) is 5.26 Å². The van der Waals surface area contributed by atoms with Gasteiger partial charge in [0.15, 0.2) is 0 Å². The van der Waals surface area contributed by atoms with Gasteiger partial charge in [0.2, 0.25) is 0 Å². The number of hydrogen-bond donors (Lipinski definition) is 1. The number of aliphatic hydroxyl groups excluding tert-OH is 1. The normalized spacial score (nSPS) is 9.20. The lowest BCUT2D eigenvalue weighted by molar-refractivity contribution is 0.306. The van der Waals surface area contributed by atoms with Gasteiger partial charge >= 0.3 is 0 Å². The number of benzene rings is 2. The van der Waals surface area contributed by atoms with Gasteiger partial charge in [0.05, 0.1) is 11.6 Å². The minimum absolute atomic E-state index is 0.166. The van der Waals surface area contributed by atoms with Crippen molar-refractivity contribution in [3.63, 3.8) is 0 Å². The fraction of sp³-hybridized carbons (Fsp3) is 0.118. The zero-order valence-electron chi connectivity index (χ0n) is 10.8. The molecule has 0 unspecified atom stereocenters. The van der Waals surface area contributed by atoms with Crippen molar-refractivity contribution in [3.8, 4) is 23.7 Å². The first-order valence-corrected chi connectivity index (χ1v) is 6.14. The minimum Gasteiger partial charge on any atom is -0.489 e. The molecule has 0 amide bonds. The maximum atomic E-state index is 9.01. The fourth-order valence-corrected chi connectivity index (χ4v) is 1.72. The van der Waals surface area contributed by atoms with Crippen LogP contribution >= 0.6 is 0 Å². The molecule has 2 aromatic carbocycles. The van der Waals surface area contributed by atoms with Crippen molar-refractivity contribution < 1.29 is 9.84 Å². The highest BCUT2D eigenvalue weighted by Crippen LogP contribution is 2.16. The Labute approximate surface area is 118 Å². The van der Waals surface area contributed by atoms with Crippen molar-refractivity contribution in [1.82, 2.24) is 0 Å². The predicted octanol–water partition coefficient (Wildman–Crippen LogP) is 2.48. The van der Waals surface area contributed by atoms with Crippen LogP contribution in [0.3, 0.4) is 0 Å². The summed E-state index contributed by atoms with van der Waals surface area (Å²) in [6.07, 6.45) is 0. The summed E-state index contributed by atoms with van der Waals surface area (Å²) in [4.78, 5) is 0. The first-order valence-electron chi connectivity index (χ1n) is 6.14. The number of ether oxygens (including phenoxy) is 1. The van der Waals surface area contributed by atoms with Crippen LogP contribution in [0.15, 0.2) is 48.5 Å². The minimum atomic E-state index is -0.166. The lowest BCUT2D eigenvalue weighted by atomic mass is 10.1. The third kappa shape index (κ3) is 3.62. The van der Waals surface area contributed by atoms with Gasteiger partial charge in [-0.2, -0.15) is 5.26 Å². The predicted molar refractivity (Wildman–Crippen MR) is 75.9 cm³/mol. The molecule has 0 spiro atoms. The molecule has 0 atom stereocenters. The Morgan fingerprint density at radius 3 is 2.75 bits per heavy atom. The monoisotopic (exact) mass is 263 g/mol. The molecule has 2 aromatic rings. The average Bonchev–Trinajstić information content (AvgIpc) is 2.51. The van der Waals surface area contributed by atoms with Crippen molar-refractivity contribution in [2.24, 2.45) is 0 Å². The molecule has 2 rings (SSSR count). The zero-order chi connectivity index (χ0) is 14.2. The molecule has 0 aliphatic rings. The van der Waals surface area contributed by atoms with E-state index in [9.17, 15) is 0 Å². The Morgan fingerprint density at radius 1 is 1.10 bits per heavy atom. The van der Waals surface area contributed by atoms with E-state index >= 15 is 0 Å². The third-order valence-electron chi connectivity index (χ3n) is 2.68. The lowest BCUT2D eigenvalue weighted by Crippen LogP contribution is -1.98. The van der Waals surface area contributed by atoms with Crippen LogP contribution in [0.5, 0.6) is 5.75 Å². The lowest BCUT2D eigenvalue weighted by Gasteiger charge is -2.07. The van der Waals surface area contributed by atoms with Crippen LogP contribution in [-0.4, -0.2) is 11.7 Å². The molecule has 3 heteroatoms. The number of hydrogen-bond acceptors (Lipinski definition) is 3.